The van der Waals surface area contributed by atoms with Gasteiger partial charge < -0.3 is 20.3 Å². The van der Waals surface area contributed by atoms with Crippen LogP contribution in [0.4, 0.5) is 4.79 Å². The maximum Gasteiger partial charge on any atom is 0.317 e. The Kier molecular flexibility index (Phi) is 9.34. The van der Waals surface area contributed by atoms with E-state index < -0.39 is 0 Å². The lowest BCUT2D eigenvalue weighted by atomic mass is 10.0. The van der Waals surface area contributed by atoms with Crippen LogP contribution >= 0.6 is 11.6 Å². The highest BCUT2D eigenvalue weighted by Gasteiger charge is 2.23. The number of amides is 3. The van der Waals surface area contributed by atoms with Crippen LogP contribution in [-0.2, 0) is 16.1 Å². The van der Waals surface area contributed by atoms with E-state index in [4.69, 9.17) is 16.3 Å². The van der Waals surface area contributed by atoms with Crippen molar-refractivity contribution in [3.63, 3.8) is 0 Å². The molecule has 1 aliphatic rings. The Morgan fingerprint density at radius 1 is 1.06 bits per heavy atom. The summed E-state index contributed by atoms with van der Waals surface area (Å²) in [6.07, 6.45) is 0.224. The number of hydrogen-bond donors (Lipinski definition) is 2. The minimum Gasteiger partial charge on any atom is -0.379 e. The van der Waals surface area contributed by atoms with E-state index in [1.807, 2.05) is 54.6 Å². The van der Waals surface area contributed by atoms with Crippen molar-refractivity contribution in [3.05, 3.63) is 70.7 Å². The largest absolute Gasteiger partial charge is 0.379 e. The van der Waals surface area contributed by atoms with Crippen molar-refractivity contribution in [2.45, 2.75) is 19.0 Å². The molecule has 1 aliphatic heterocycles. The lowest BCUT2D eigenvalue weighted by Gasteiger charge is -2.35. The van der Waals surface area contributed by atoms with E-state index in [-0.39, 0.29) is 30.9 Å². The van der Waals surface area contributed by atoms with Crippen LogP contribution in [0.3, 0.4) is 0 Å². The zero-order chi connectivity index (χ0) is 22.8. The first-order chi connectivity index (χ1) is 15.5. The van der Waals surface area contributed by atoms with Crippen LogP contribution in [0.5, 0.6) is 0 Å². The van der Waals surface area contributed by atoms with Gasteiger partial charge in [-0.1, -0.05) is 54.1 Å². The summed E-state index contributed by atoms with van der Waals surface area (Å²) in [4.78, 5) is 28.6. The van der Waals surface area contributed by atoms with Crippen molar-refractivity contribution in [1.82, 2.24) is 20.4 Å². The normalized spacial score (nSPS) is 15.1. The second kappa shape index (κ2) is 12.4. The molecule has 0 bridgehead atoms. The molecule has 1 unspecified atom stereocenters. The fraction of sp³-hybridized carbons (Fsp3) is 0.417. The first kappa shape index (κ1) is 24.0. The Labute approximate surface area is 194 Å². The lowest BCUT2D eigenvalue weighted by molar-refractivity contribution is -0.121. The Hall–Kier alpha value is -2.61. The smallest absolute Gasteiger partial charge is 0.317 e. The van der Waals surface area contributed by atoms with Gasteiger partial charge in [0.15, 0.2) is 0 Å². The summed E-state index contributed by atoms with van der Waals surface area (Å²) in [7, 11) is 1.74. The monoisotopic (exact) mass is 458 g/mol. The topological polar surface area (TPSA) is 73.9 Å². The molecule has 0 radical (unpaired) electrons. The van der Waals surface area contributed by atoms with E-state index in [1.165, 1.54) is 0 Å². The zero-order valence-corrected chi connectivity index (χ0v) is 19.2. The number of benzene rings is 2. The van der Waals surface area contributed by atoms with E-state index in [9.17, 15) is 9.59 Å². The minimum atomic E-state index is -0.200. The average Bonchev–Trinajstić information content (AvgIpc) is 2.81. The summed E-state index contributed by atoms with van der Waals surface area (Å²) in [6, 6.07) is 17.4. The molecule has 1 atom stereocenters. The van der Waals surface area contributed by atoms with Gasteiger partial charge in [-0.05, 0) is 23.3 Å². The Morgan fingerprint density at radius 2 is 1.75 bits per heavy atom. The van der Waals surface area contributed by atoms with Crippen molar-refractivity contribution >= 4 is 23.5 Å². The average molecular weight is 459 g/mol. The van der Waals surface area contributed by atoms with Crippen LogP contribution in [0.2, 0.25) is 5.02 Å². The third kappa shape index (κ3) is 7.51. The van der Waals surface area contributed by atoms with Crippen LogP contribution < -0.4 is 10.6 Å². The maximum atomic E-state index is 12.4. The number of halogens is 1. The van der Waals surface area contributed by atoms with E-state index in [0.29, 0.717) is 31.3 Å². The third-order valence-corrected chi connectivity index (χ3v) is 5.72. The second-order valence-electron chi connectivity index (χ2n) is 7.84. The van der Waals surface area contributed by atoms with Crippen LogP contribution in [0.15, 0.2) is 54.6 Å². The Balaban J connectivity index is 1.44. The van der Waals surface area contributed by atoms with Crippen molar-refractivity contribution in [2.75, 3.05) is 46.4 Å². The summed E-state index contributed by atoms with van der Waals surface area (Å²) in [6.45, 7) is 4.28. The first-order valence-corrected chi connectivity index (χ1v) is 11.3. The maximum absolute atomic E-state index is 12.4. The number of morpholine rings is 1. The van der Waals surface area contributed by atoms with Gasteiger partial charge in [0.1, 0.15) is 0 Å². The van der Waals surface area contributed by atoms with Gasteiger partial charge in [-0.2, -0.15) is 0 Å². The van der Waals surface area contributed by atoms with Gasteiger partial charge >= 0.3 is 6.03 Å². The summed E-state index contributed by atoms with van der Waals surface area (Å²) in [5.41, 5.74) is 2.16. The first-order valence-electron chi connectivity index (χ1n) is 10.9. The van der Waals surface area contributed by atoms with Crippen LogP contribution in [0.1, 0.15) is 23.6 Å². The van der Waals surface area contributed by atoms with Crippen LogP contribution in [-0.4, -0.2) is 68.2 Å². The predicted octanol–water partition coefficient (Wildman–Crippen LogP) is 3.06. The molecule has 2 aromatic carbocycles. The third-order valence-electron chi connectivity index (χ3n) is 5.47. The highest BCUT2D eigenvalue weighted by Crippen LogP contribution is 2.23. The van der Waals surface area contributed by atoms with Crippen molar-refractivity contribution in [3.8, 4) is 0 Å². The van der Waals surface area contributed by atoms with E-state index in [2.05, 4.69) is 15.5 Å². The molecule has 3 rings (SSSR count). The summed E-state index contributed by atoms with van der Waals surface area (Å²) < 4.78 is 5.47. The summed E-state index contributed by atoms with van der Waals surface area (Å²) in [5.74, 6) is -0.0942. The quantitative estimate of drug-likeness (QED) is 0.605. The zero-order valence-electron chi connectivity index (χ0n) is 18.4. The molecule has 0 aromatic heterocycles. The Morgan fingerprint density at radius 3 is 2.44 bits per heavy atom. The number of carbonyl (C=O) groups is 2. The molecule has 2 N–H and O–H groups in total. The van der Waals surface area contributed by atoms with E-state index >= 15 is 0 Å². The molecular weight excluding hydrogens is 428 g/mol. The molecule has 3 amide bonds. The number of ether oxygens (including phenoxy) is 1. The second-order valence-corrected chi connectivity index (χ2v) is 8.28. The van der Waals surface area contributed by atoms with Crippen LogP contribution in [0, 0.1) is 0 Å². The standard InChI is InChI=1S/C24H31ClN4O3/c1-28(18-19-5-3-2-4-6-19)24(31)26-12-11-23(30)27-17-22(29-13-15-32-16-14-29)20-7-9-21(25)10-8-20/h2-10,22H,11-18H2,1H3,(H,26,31)(H,27,30). The molecule has 0 aliphatic carbocycles. The van der Waals surface area contributed by atoms with Crippen molar-refractivity contribution < 1.29 is 14.3 Å². The van der Waals surface area contributed by atoms with Crippen molar-refractivity contribution in [2.24, 2.45) is 0 Å². The molecule has 2 aromatic rings. The lowest BCUT2D eigenvalue weighted by Crippen LogP contribution is -2.44. The number of carbonyl (C=O) groups excluding carboxylic acids is 2. The highest BCUT2D eigenvalue weighted by molar-refractivity contribution is 6.30. The minimum absolute atomic E-state index is 0.0479. The van der Waals surface area contributed by atoms with Crippen LogP contribution in [0.25, 0.3) is 0 Å². The molecule has 32 heavy (non-hydrogen) atoms. The molecule has 7 nitrogen and oxygen atoms in total. The molecule has 0 saturated carbocycles. The highest BCUT2D eigenvalue weighted by atomic mass is 35.5. The summed E-state index contributed by atoms with van der Waals surface area (Å²) in [5, 5.41) is 6.51. The van der Waals surface area contributed by atoms with Gasteiger partial charge in [0.2, 0.25) is 5.91 Å². The fourth-order valence-electron chi connectivity index (χ4n) is 3.68. The van der Waals surface area contributed by atoms with E-state index in [1.54, 1.807) is 11.9 Å². The number of nitrogens with zero attached hydrogens (tertiary/aromatic N) is 2. The molecule has 0 spiro atoms. The summed E-state index contributed by atoms with van der Waals surface area (Å²) >= 11 is 6.04. The molecular formula is C24H31ClN4O3. The van der Waals surface area contributed by atoms with Gasteiger partial charge in [-0.25, -0.2) is 4.79 Å². The van der Waals surface area contributed by atoms with Gasteiger partial charge in [0.05, 0.1) is 19.3 Å². The molecule has 1 saturated heterocycles. The Bertz CT molecular complexity index is 857. The molecule has 8 heteroatoms. The number of rotatable bonds is 9. The van der Waals surface area contributed by atoms with Crippen molar-refractivity contribution in [1.29, 1.82) is 0 Å². The molecule has 172 valence electrons. The van der Waals surface area contributed by atoms with Gasteiger partial charge in [-0.15, -0.1) is 0 Å². The number of hydrogen-bond acceptors (Lipinski definition) is 4. The predicted molar refractivity (Wildman–Crippen MR) is 126 cm³/mol. The number of urea groups is 1. The van der Waals surface area contributed by atoms with Gasteiger partial charge in [0.25, 0.3) is 0 Å². The number of nitrogens with one attached hydrogen (secondary N) is 2. The van der Waals surface area contributed by atoms with Gasteiger partial charge in [-0.3, -0.25) is 9.69 Å². The van der Waals surface area contributed by atoms with Gasteiger partial charge in [0, 0.05) is 51.2 Å². The molecule has 1 fully saturated rings. The fourth-order valence-corrected chi connectivity index (χ4v) is 3.80. The molecule has 1 heterocycles. The SMILES string of the molecule is CN(Cc1ccccc1)C(=O)NCCC(=O)NCC(c1ccc(Cl)cc1)N1CCOCC1. The van der Waals surface area contributed by atoms with E-state index in [0.717, 1.165) is 24.2 Å².